The average Bonchev–Trinajstić information content (AvgIpc) is 2.93. The lowest BCUT2D eigenvalue weighted by molar-refractivity contribution is 0.743. The van der Waals surface area contributed by atoms with Gasteiger partial charge in [-0.05, 0) is 5.56 Å². The van der Waals surface area contributed by atoms with Gasteiger partial charge in [0.25, 0.3) is 0 Å². The van der Waals surface area contributed by atoms with E-state index in [9.17, 15) is 0 Å². The van der Waals surface area contributed by atoms with Crippen LogP contribution in [-0.4, -0.2) is 15.6 Å². The Morgan fingerprint density at radius 1 is 0.947 bits per heavy atom. The van der Waals surface area contributed by atoms with Gasteiger partial charge in [0.05, 0.1) is 11.1 Å². The maximum Gasteiger partial charge on any atom is 0.0988 e. The van der Waals surface area contributed by atoms with Gasteiger partial charge in [0.1, 0.15) is 0 Å². The van der Waals surface area contributed by atoms with Crippen molar-refractivity contribution >= 4 is 32.7 Å². The molecule has 0 amide bonds. The van der Waals surface area contributed by atoms with Gasteiger partial charge < -0.3 is 0 Å². The summed E-state index contributed by atoms with van der Waals surface area (Å²) in [5, 5.41) is 2.58. The molecule has 0 saturated carbocycles. The zero-order valence-electron chi connectivity index (χ0n) is 10.4. The van der Waals surface area contributed by atoms with Crippen LogP contribution >= 0.6 is 27.7 Å². The van der Waals surface area contributed by atoms with E-state index >= 15 is 0 Å². The van der Waals surface area contributed by atoms with Crippen molar-refractivity contribution in [1.29, 1.82) is 0 Å². The molecule has 19 heavy (non-hydrogen) atoms. The summed E-state index contributed by atoms with van der Waals surface area (Å²) in [7, 11) is 0. The molecule has 0 radical (unpaired) electrons. The van der Waals surface area contributed by atoms with Crippen molar-refractivity contribution in [3.63, 3.8) is 0 Å². The Balaban J connectivity index is 1.93. The first-order valence-electron chi connectivity index (χ1n) is 6.29. The van der Waals surface area contributed by atoms with Gasteiger partial charge in [-0.25, -0.2) is 0 Å². The van der Waals surface area contributed by atoms with Gasteiger partial charge in [-0.15, -0.1) is 0 Å². The molecule has 0 N–H and O–H groups in total. The molecule has 2 atom stereocenters. The van der Waals surface area contributed by atoms with Crippen LogP contribution in [0, 0.1) is 0 Å². The highest BCUT2D eigenvalue weighted by Gasteiger charge is 2.30. The second-order valence-electron chi connectivity index (χ2n) is 4.47. The average molecular weight is 332 g/mol. The Hall–Kier alpha value is -1.06. The SMILES string of the molecule is BrCC1SC(c2ccccc2)=NC1c1ccccc1. The van der Waals surface area contributed by atoms with Crippen LogP contribution < -0.4 is 0 Å². The summed E-state index contributed by atoms with van der Waals surface area (Å²) in [6.45, 7) is 0. The smallest absolute Gasteiger partial charge is 0.0988 e. The van der Waals surface area contributed by atoms with Gasteiger partial charge in [0.15, 0.2) is 0 Å². The predicted molar refractivity (Wildman–Crippen MR) is 87.3 cm³/mol. The van der Waals surface area contributed by atoms with Gasteiger partial charge >= 0.3 is 0 Å². The van der Waals surface area contributed by atoms with Crippen LogP contribution in [0.15, 0.2) is 65.7 Å². The third kappa shape index (κ3) is 2.77. The monoisotopic (exact) mass is 331 g/mol. The van der Waals surface area contributed by atoms with Crippen LogP contribution in [0.1, 0.15) is 17.2 Å². The zero-order valence-corrected chi connectivity index (χ0v) is 12.8. The van der Waals surface area contributed by atoms with Crippen LogP contribution in [0.2, 0.25) is 0 Å². The number of halogens is 1. The van der Waals surface area contributed by atoms with E-state index in [4.69, 9.17) is 4.99 Å². The molecule has 96 valence electrons. The Bertz CT molecular complexity index is 568. The lowest BCUT2D eigenvalue weighted by Crippen LogP contribution is -2.10. The summed E-state index contributed by atoms with van der Waals surface area (Å²) < 4.78 is 0. The molecule has 0 aromatic heterocycles. The number of hydrogen-bond acceptors (Lipinski definition) is 2. The molecule has 3 rings (SSSR count). The molecule has 1 heterocycles. The number of rotatable bonds is 3. The van der Waals surface area contributed by atoms with Crippen molar-refractivity contribution in [2.45, 2.75) is 11.3 Å². The molecule has 2 aromatic rings. The second-order valence-corrected chi connectivity index (χ2v) is 6.34. The van der Waals surface area contributed by atoms with E-state index in [0.717, 1.165) is 10.4 Å². The largest absolute Gasteiger partial charge is 0.269 e. The third-order valence-electron chi connectivity index (χ3n) is 3.19. The Morgan fingerprint density at radius 3 is 2.21 bits per heavy atom. The number of thioether (sulfide) groups is 1. The van der Waals surface area contributed by atoms with Crippen molar-refractivity contribution in [1.82, 2.24) is 0 Å². The second kappa shape index (κ2) is 5.93. The van der Waals surface area contributed by atoms with Crippen molar-refractivity contribution in [2.75, 3.05) is 5.33 Å². The van der Waals surface area contributed by atoms with Crippen LogP contribution in [0.25, 0.3) is 0 Å². The number of nitrogens with zero attached hydrogens (tertiary/aromatic N) is 1. The van der Waals surface area contributed by atoms with Crippen molar-refractivity contribution in [3.05, 3.63) is 71.8 Å². The van der Waals surface area contributed by atoms with Crippen LogP contribution in [0.4, 0.5) is 0 Å². The molecule has 3 heteroatoms. The molecule has 0 bridgehead atoms. The lowest BCUT2D eigenvalue weighted by atomic mass is 10.1. The molecule has 1 aliphatic rings. The first-order valence-corrected chi connectivity index (χ1v) is 8.29. The molecule has 0 aliphatic carbocycles. The summed E-state index contributed by atoms with van der Waals surface area (Å²) in [6.07, 6.45) is 0. The molecule has 0 fully saturated rings. The van der Waals surface area contributed by atoms with E-state index in [2.05, 4.69) is 70.5 Å². The molecule has 0 spiro atoms. The summed E-state index contributed by atoms with van der Waals surface area (Å²) in [5.41, 5.74) is 2.52. The van der Waals surface area contributed by atoms with Crippen LogP contribution in [-0.2, 0) is 0 Å². The minimum Gasteiger partial charge on any atom is -0.269 e. The normalized spacial score (nSPS) is 22.3. The van der Waals surface area contributed by atoms with Crippen molar-refractivity contribution in [3.8, 4) is 0 Å². The van der Waals surface area contributed by atoms with Crippen LogP contribution in [0.5, 0.6) is 0 Å². The maximum absolute atomic E-state index is 4.93. The quantitative estimate of drug-likeness (QED) is 0.743. The van der Waals surface area contributed by atoms with Crippen molar-refractivity contribution < 1.29 is 0 Å². The standard InChI is InChI=1S/C16H14BrNS/c17-11-14-15(12-7-3-1-4-8-12)18-16(19-14)13-9-5-2-6-10-13/h1-10,14-15H,11H2. The van der Waals surface area contributed by atoms with Crippen LogP contribution in [0.3, 0.4) is 0 Å². The molecular formula is C16H14BrNS. The van der Waals surface area contributed by atoms with E-state index < -0.39 is 0 Å². The summed E-state index contributed by atoms with van der Waals surface area (Å²) in [5.74, 6) is 0. The fourth-order valence-corrected chi connectivity index (χ4v) is 4.12. The summed E-state index contributed by atoms with van der Waals surface area (Å²) in [4.78, 5) is 4.93. The van der Waals surface area contributed by atoms with Crippen molar-refractivity contribution in [2.24, 2.45) is 4.99 Å². The van der Waals surface area contributed by atoms with E-state index in [0.29, 0.717) is 5.25 Å². The summed E-state index contributed by atoms with van der Waals surface area (Å²) in [6, 6.07) is 21.2. The third-order valence-corrected chi connectivity index (χ3v) is 5.60. The molecule has 1 aliphatic heterocycles. The van der Waals surface area contributed by atoms with Gasteiger partial charge in [-0.3, -0.25) is 4.99 Å². The minimum absolute atomic E-state index is 0.251. The van der Waals surface area contributed by atoms with Gasteiger partial charge in [0.2, 0.25) is 0 Å². The van der Waals surface area contributed by atoms with E-state index in [1.165, 1.54) is 11.1 Å². The number of benzene rings is 2. The summed E-state index contributed by atoms with van der Waals surface area (Å²) >= 11 is 5.49. The molecule has 1 nitrogen and oxygen atoms in total. The van der Waals surface area contributed by atoms with Gasteiger partial charge in [0, 0.05) is 16.1 Å². The maximum atomic E-state index is 4.93. The Labute approximate surface area is 126 Å². The Kier molecular flexibility index (Phi) is 4.04. The Morgan fingerprint density at radius 2 is 1.58 bits per heavy atom. The highest BCUT2D eigenvalue weighted by atomic mass is 79.9. The number of alkyl halides is 1. The highest BCUT2D eigenvalue weighted by molar-refractivity contribution is 9.09. The highest BCUT2D eigenvalue weighted by Crippen LogP contribution is 2.40. The van der Waals surface area contributed by atoms with Gasteiger partial charge in [-0.1, -0.05) is 88.4 Å². The van der Waals surface area contributed by atoms with E-state index in [-0.39, 0.29) is 6.04 Å². The topological polar surface area (TPSA) is 12.4 Å². The fourth-order valence-electron chi connectivity index (χ4n) is 2.23. The van der Waals surface area contributed by atoms with E-state index in [1.807, 2.05) is 17.8 Å². The van der Waals surface area contributed by atoms with E-state index in [1.54, 1.807) is 0 Å². The predicted octanol–water partition coefficient (Wildman–Crippen LogP) is 4.68. The molecule has 2 unspecified atom stereocenters. The number of aliphatic imine (C=N–C) groups is 1. The lowest BCUT2D eigenvalue weighted by Gasteiger charge is -2.14. The first-order chi connectivity index (χ1) is 9.38. The first kappa shape index (κ1) is 12.9. The minimum atomic E-state index is 0.251. The number of hydrogen-bond donors (Lipinski definition) is 0. The molecule has 0 saturated heterocycles. The molecule has 2 aromatic carbocycles. The zero-order chi connectivity index (χ0) is 13.1. The fraction of sp³-hybridized carbons (Fsp3) is 0.188. The molecular weight excluding hydrogens is 318 g/mol. The van der Waals surface area contributed by atoms with Gasteiger partial charge in [-0.2, -0.15) is 0 Å².